The van der Waals surface area contributed by atoms with Gasteiger partial charge in [0.25, 0.3) is 0 Å². The molecule has 4 heteroatoms. The number of rotatable bonds is 6. The van der Waals surface area contributed by atoms with Crippen LogP contribution >= 0.6 is 0 Å². The van der Waals surface area contributed by atoms with E-state index < -0.39 is 0 Å². The van der Waals surface area contributed by atoms with E-state index in [-0.39, 0.29) is 12.2 Å². The molecular weight excluding hydrogens is 264 g/mol. The molecule has 0 aromatic heterocycles. The normalized spacial score (nSPS) is 18.0. The first kappa shape index (κ1) is 16.1. The fourth-order valence-corrected chi connectivity index (χ4v) is 2.67. The molecule has 21 heavy (non-hydrogen) atoms. The van der Waals surface area contributed by atoms with Crippen molar-refractivity contribution in [3.8, 4) is 5.75 Å². The molecule has 1 aromatic carbocycles. The van der Waals surface area contributed by atoms with Gasteiger partial charge in [0.1, 0.15) is 5.75 Å². The molecule has 0 aliphatic carbocycles. The highest BCUT2D eigenvalue weighted by Crippen LogP contribution is 2.29. The molecule has 1 saturated heterocycles. The summed E-state index contributed by atoms with van der Waals surface area (Å²) in [4.78, 5) is 4.73. The number of nitrogens with zero attached hydrogens (tertiary/aromatic N) is 2. The Bertz CT molecular complexity index is 429. The van der Waals surface area contributed by atoms with Crippen LogP contribution in [0, 0.1) is 0 Å². The summed E-state index contributed by atoms with van der Waals surface area (Å²) in [5, 5.41) is 9.76. The van der Waals surface area contributed by atoms with E-state index in [0.717, 1.165) is 44.9 Å². The minimum Gasteiger partial charge on any atom is -0.489 e. The van der Waals surface area contributed by atoms with Crippen LogP contribution in [0.3, 0.4) is 0 Å². The molecule has 1 atom stereocenters. The quantitative estimate of drug-likeness (QED) is 0.873. The molecule has 1 aromatic rings. The van der Waals surface area contributed by atoms with Crippen molar-refractivity contribution >= 4 is 5.69 Å². The van der Waals surface area contributed by atoms with E-state index in [1.807, 2.05) is 19.1 Å². The van der Waals surface area contributed by atoms with E-state index >= 15 is 0 Å². The predicted octanol–water partition coefficient (Wildman–Crippen LogP) is 2.37. The Kier molecular flexibility index (Phi) is 5.88. The summed E-state index contributed by atoms with van der Waals surface area (Å²) < 4.78 is 5.91. The van der Waals surface area contributed by atoms with E-state index in [9.17, 15) is 5.11 Å². The molecule has 118 valence electrons. The topological polar surface area (TPSA) is 35.9 Å². The third-order valence-corrected chi connectivity index (χ3v) is 3.88. The van der Waals surface area contributed by atoms with Gasteiger partial charge in [-0.05, 0) is 32.4 Å². The van der Waals surface area contributed by atoms with Crippen LogP contribution in [0.4, 0.5) is 5.69 Å². The van der Waals surface area contributed by atoms with Gasteiger partial charge < -0.3 is 14.7 Å². The van der Waals surface area contributed by atoms with Gasteiger partial charge >= 0.3 is 0 Å². The second-order valence-electron chi connectivity index (χ2n) is 5.98. The Balaban J connectivity index is 1.96. The Hall–Kier alpha value is -1.26. The minimum atomic E-state index is -0.201. The molecule has 1 aliphatic rings. The first-order valence-corrected chi connectivity index (χ1v) is 8.01. The van der Waals surface area contributed by atoms with Crippen LogP contribution in [-0.2, 0) is 0 Å². The second kappa shape index (κ2) is 7.66. The lowest BCUT2D eigenvalue weighted by atomic mass is 10.2. The highest BCUT2D eigenvalue weighted by atomic mass is 16.5. The van der Waals surface area contributed by atoms with Gasteiger partial charge in [-0.1, -0.05) is 19.1 Å². The van der Waals surface area contributed by atoms with Crippen LogP contribution < -0.4 is 9.64 Å². The number of hydrogen-bond acceptors (Lipinski definition) is 4. The highest BCUT2D eigenvalue weighted by Gasteiger charge is 2.21. The summed E-state index contributed by atoms with van der Waals surface area (Å²) in [6.07, 6.45) is 0.811. The molecule has 0 bridgehead atoms. The van der Waals surface area contributed by atoms with Gasteiger partial charge in [0.05, 0.1) is 17.9 Å². The first-order valence-electron chi connectivity index (χ1n) is 8.01. The van der Waals surface area contributed by atoms with E-state index in [1.165, 1.54) is 5.69 Å². The smallest absolute Gasteiger partial charge is 0.142 e. The maximum atomic E-state index is 9.76. The van der Waals surface area contributed by atoms with Gasteiger partial charge in [-0.15, -0.1) is 0 Å². The number of aliphatic hydroxyl groups excluding tert-OH is 1. The van der Waals surface area contributed by atoms with E-state index in [2.05, 4.69) is 35.8 Å². The maximum absolute atomic E-state index is 9.76. The van der Waals surface area contributed by atoms with Crippen LogP contribution in [0.1, 0.15) is 27.2 Å². The van der Waals surface area contributed by atoms with Crippen molar-refractivity contribution in [3.63, 3.8) is 0 Å². The second-order valence-corrected chi connectivity index (χ2v) is 5.98. The molecule has 4 nitrogen and oxygen atoms in total. The van der Waals surface area contributed by atoms with Crippen molar-refractivity contribution < 1.29 is 9.84 Å². The number of benzene rings is 1. The van der Waals surface area contributed by atoms with Crippen LogP contribution in [-0.4, -0.2) is 54.9 Å². The van der Waals surface area contributed by atoms with Crippen LogP contribution in [0.15, 0.2) is 24.3 Å². The Morgan fingerprint density at radius 2 is 1.81 bits per heavy atom. The van der Waals surface area contributed by atoms with Gasteiger partial charge in [-0.3, -0.25) is 4.90 Å². The van der Waals surface area contributed by atoms with Gasteiger partial charge in [0.15, 0.2) is 0 Å². The summed E-state index contributed by atoms with van der Waals surface area (Å²) in [6, 6.07) is 8.27. The van der Waals surface area contributed by atoms with E-state index in [1.54, 1.807) is 0 Å². The number of ether oxygens (including phenoxy) is 1. The molecule has 1 fully saturated rings. The SMILES string of the molecule is CCC(O)CN1CCN(c2ccccc2OC(C)C)CC1. The fourth-order valence-electron chi connectivity index (χ4n) is 2.67. The standard InChI is InChI=1S/C17H28N2O2/c1-4-15(20)13-18-9-11-19(12-10-18)16-7-5-6-8-17(16)21-14(2)3/h5-8,14-15,20H,4,9-13H2,1-3H3. The van der Waals surface area contributed by atoms with Crippen molar-refractivity contribution in [2.24, 2.45) is 0 Å². The summed E-state index contributed by atoms with van der Waals surface area (Å²) in [5.41, 5.74) is 1.18. The summed E-state index contributed by atoms with van der Waals surface area (Å²) in [7, 11) is 0. The fraction of sp³-hybridized carbons (Fsp3) is 0.647. The molecule has 1 heterocycles. The number of anilines is 1. The van der Waals surface area contributed by atoms with Gasteiger partial charge in [0.2, 0.25) is 0 Å². The minimum absolute atomic E-state index is 0.187. The van der Waals surface area contributed by atoms with Crippen molar-refractivity contribution in [2.45, 2.75) is 39.4 Å². The van der Waals surface area contributed by atoms with Gasteiger partial charge in [-0.2, -0.15) is 0 Å². The average molecular weight is 292 g/mol. The van der Waals surface area contributed by atoms with E-state index in [0.29, 0.717) is 0 Å². The number of aliphatic hydroxyl groups is 1. The molecule has 0 amide bonds. The Morgan fingerprint density at radius 1 is 1.14 bits per heavy atom. The lowest BCUT2D eigenvalue weighted by Gasteiger charge is -2.37. The predicted molar refractivity (Wildman–Crippen MR) is 87.2 cm³/mol. The van der Waals surface area contributed by atoms with Crippen molar-refractivity contribution in [1.29, 1.82) is 0 Å². The zero-order valence-electron chi connectivity index (χ0n) is 13.5. The molecule has 0 saturated carbocycles. The maximum Gasteiger partial charge on any atom is 0.142 e. The molecule has 1 N–H and O–H groups in total. The number of hydrogen-bond donors (Lipinski definition) is 1. The number of β-amino-alcohol motifs (C(OH)–C–C–N with tert-alkyl or cyclic N) is 1. The molecular formula is C17H28N2O2. The average Bonchev–Trinajstić information content (AvgIpc) is 2.48. The molecule has 1 aliphatic heterocycles. The van der Waals surface area contributed by atoms with Gasteiger partial charge in [0, 0.05) is 32.7 Å². The van der Waals surface area contributed by atoms with Crippen LogP contribution in [0.25, 0.3) is 0 Å². The lowest BCUT2D eigenvalue weighted by Crippen LogP contribution is -2.48. The Labute approximate surface area is 128 Å². The number of piperazine rings is 1. The summed E-state index contributed by atoms with van der Waals surface area (Å²) >= 11 is 0. The third kappa shape index (κ3) is 4.61. The largest absolute Gasteiger partial charge is 0.489 e. The van der Waals surface area contributed by atoms with Crippen molar-refractivity contribution in [3.05, 3.63) is 24.3 Å². The summed E-state index contributed by atoms with van der Waals surface area (Å²) in [5.74, 6) is 0.967. The van der Waals surface area contributed by atoms with Crippen molar-refractivity contribution in [1.82, 2.24) is 4.90 Å². The third-order valence-electron chi connectivity index (χ3n) is 3.88. The lowest BCUT2D eigenvalue weighted by molar-refractivity contribution is 0.106. The molecule has 1 unspecified atom stereocenters. The van der Waals surface area contributed by atoms with Gasteiger partial charge in [-0.25, -0.2) is 0 Å². The summed E-state index contributed by atoms with van der Waals surface area (Å²) in [6.45, 7) is 10.9. The van der Waals surface area contributed by atoms with Crippen LogP contribution in [0.2, 0.25) is 0 Å². The molecule has 0 radical (unpaired) electrons. The van der Waals surface area contributed by atoms with Crippen LogP contribution in [0.5, 0.6) is 5.75 Å². The Morgan fingerprint density at radius 3 is 2.43 bits per heavy atom. The van der Waals surface area contributed by atoms with E-state index in [4.69, 9.17) is 4.74 Å². The monoisotopic (exact) mass is 292 g/mol. The first-order chi connectivity index (χ1) is 10.1. The van der Waals surface area contributed by atoms with Crippen molar-refractivity contribution in [2.75, 3.05) is 37.6 Å². The molecule has 2 rings (SSSR count). The molecule has 0 spiro atoms. The number of para-hydroxylation sites is 2. The zero-order valence-corrected chi connectivity index (χ0v) is 13.5. The highest BCUT2D eigenvalue weighted by molar-refractivity contribution is 5.58. The zero-order chi connectivity index (χ0) is 15.2.